The molecule has 18 heavy (non-hydrogen) atoms. The molecule has 0 bridgehead atoms. The second kappa shape index (κ2) is 6.02. The van der Waals surface area contributed by atoms with E-state index in [9.17, 15) is 9.59 Å². The molecular formula is C13H11ClO4. The zero-order valence-corrected chi connectivity index (χ0v) is 10.3. The van der Waals surface area contributed by atoms with Crippen molar-refractivity contribution < 1.29 is 19.8 Å². The highest BCUT2D eigenvalue weighted by Crippen LogP contribution is 2.18. The van der Waals surface area contributed by atoms with Crippen LogP contribution in [0.1, 0.15) is 12.5 Å². The Balaban J connectivity index is 3.10. The van der Waals surface area contributed by atoms with Gasteiger partial charge < -0.3 is 10.2 Å². The lowest BCUT2D eigenvalue weighted by Gasteiger charge is -2.00. The zero-order valence-electron chi connectivity index (χ0n) is 9.55. The van der Waals surface area contributed by atoms with Crippen molar-refractivity contribution in [3.63, 3.8) is 0 Å². The third kappa shape index (κ3) is 3.46. The van der Waals surface area contributed by atoms with E-state index in [1.807, 2.05) is 0 Å². The lowest BCUT2D eigenvalue weighted by Crippen LogP contribution is -2.12. The Morgan fingerprint density at radius 2 is 1.72 bits per heavy atom. The molecule has 0 aliphatic carbocycles. The summed E-state index contributed by atoms with van der Waals surface area (Å²) < 4.78 is 0. The fourth-order valence-electron chi connectivity index (χ4n) is 1.34. The molecule has 0 aliphatic rings. The van der Waals surface area contributed by atoms with Gasteiger partial charge >= 0.3 is 11.9 Å². The molecule has 1 rings (SSSR count). The molecule has 0 aromatic heterocycles. The van der Waals surface area contributed by atoms with E-state index in [-0.39, 0.29) is 5.57 Å². The number of carboxylic acids is 2. The van der Waals surface area contributed by atoms with Crippen molar-refractivity contribution in [2.45, 2.75) is 6.92 Å². The smallest absolute Gasteiger partial charge is 0.343 e. The van der Waals surface area contributed by atoms with Gasteiger partial charge in [0.1, 0.15) is 5.57 Å². The van der Waals surface area contributed by atoms with Gasteiger partial charge in [0.25, 0.3) is 0 Å². The quantitative estimate of drug-likeness (QED) is 0.380. The molecule has 0 radical (unpaired) electrons. The summed E-state index contributed by atoms with van der Waals surface area (Å²) >= 11 is 5.91. The number of hydrogen-bond acceptors (Lipinski definition) is 2. The summed E-state index contributed by atoms with van der Waals surface area (Å²) in [4.78, 5) is 21.5. The van der Waals surface area contributed by atoms with Crippen LogP contribution < -0.4 is 0 Å². The summed E-state index contributed by atoms with van der Waals surface area (Å²) in [5.41, 5.74) is 0.182. The number of rotatable bonds is 4. The molecule has 1 aromatic carbocycles. The van der Waals surface area contributed by atoms with Crippen LogP contribution in [0.4, 0.5) is 0 Å². The minimum atomic E-state index is -1.47. The summed E-state index contributed by atoms with van der Waals surface area (Å²) in [6.07, 6.45) is 2.99. The van der Waals surface area contributed by atoms with Gasteiger partial charge in [-0.3, -0.25) is 0 Å². The Morgan fingerprint density at radius 1 is 1.17 bits per heavy atom. The predicted molar refractivity (Wildman–Crippen MR) is 68.5 cm³/mol. The van der Waals surface area contributed by atoms with Gasteiger partial charge in [-0.05, 0) is 24.1 Å². The Kier molecular flexibility index (Phi) is 4.68. The van der Waals surface area contributed by atoms with E-state index in [1.165, 1.54) is 13.0 Å². The van der Waals surface area contributed by atoms with E-state index < -0.39 is 17.5 Å². The van der Waals surface area contributed by atoms with Crippen molar-refractivity contribution in [3.8, 4) is 0 Å². The van der Waals surface area contributed by atoms with Gasteiger partial charge in [0, 0.05) is 5.02 Å². The molecule has 0 fully saturated rings. The maximum Gasteiger partial charge on any atom is 0.343 e. The third-order valence-electron chi connectivity index (χ3n) is 2.24. The van der Waals surface area contributed by atoms with Crippen LogP contribution in [-0.2, 0) is 9.59 Å². The molecule has 0 saturated carbocycles. The van der Waals surface area contributed by atoms with Crippen LogP contribution in [0.15, 0.2) is 41.5 Å². The number of hydrogen-bond donors (Lipinski definition) is 2. The average Bonchev–Trinajstić information content (AvgIpc) is 2.27. The van der Waals surface area contributed by atoms with Gasteiger partial charge in [0.05, 0.1) is 0 Å². The summed E-state index contributed by atoms with van der Waals surface area (Å²) in [7, 11) is 0. The van der Waals surface area contributed by atoms with Crippen LogP contribution in [0.3, 0.4) is 0 Å². The summed E-state index contributed by atoms with van der Waals surface area (Å²) in [6.45, 7) is 1.42. The number of aliphatic carboxylic acids is 2. The van der Waals surface area contributed by atoms with E-state index in [4.69, 9.17) is 21.8 Å². The highest BCUT2D eigenvalue weighted by atomic mass is 35.5. The number of carboxylic acid groups (broad SMARTS) is 2. The van der Waals surface area contributed by atoms with Gasteiger partial charge in [-0.15, -0.1) is 0 Å². The Labute approximate surface area is 109 Å². The van der Waals surface area contributed by atoms with Crippen LogP contribution in [0, 0.1) is 0 Å². The van der Waals surface area contributed by atoms with Crippen molar-refractivity contribution in [1.29, 1.82) is 0 Å². The first-order valence-electron chi connectivity index (χ1n) is 5.03. The third-order valence-corrected chi connectivity index (χ3v) is 2.58. The lowest BCUT2D eigenvalue weighted by molar-refractivity contribution is -0.140. The van der Waals surface area contributed by atoms with Crippen molar-refractivity contribution in [2.75, 3.05) is 0 Å². The standard InChI is InChI=1S/C13H11ClO4/c1-8(11(12(15)16)13(17)18)6-7-9-4-2-3-5-10(9)14/h2-7H,1H3,(H,15,16)(H,17,18)/b7-6+. The molecule has 0 atom stereocenters. The average molecular weight is 267 g/mol. The molecule has 0 saturated heterocycles. The first-order chi connectivity index (χ1) is 8.43. The summed E-state index contributed by atoms with van der Waals surface area (Å²) in [5, 5.41) is 18.0. The molecule has 94 valence electrons. The second-order valence-corrected chi connectivity index (χ2v) is 3.93. The molecule has 0 amide bonds. The number of benzene rings is 1. The van der Waals surface area contributed by atoms with Gasteiger partial charge in [0.2, 0.25) is 0 Å². The fourth-order valence-corrected chi connectivity index (χ4v) is 1.54. The van der Waals surface area contributed by atoms with E-state index in [0.717, 1.165) is 0 Å². The van der Waals surface area contributed by atoms with Crippen LogP contribution in [0.2, 0.25) is 5.02 Å². The topological polar surface area (TPSA) is 74.6 Å². The van der Waals surface area contributed by atoms with Crippen LogP contribution >= 0.6 is 11.6 Å². The zero-order chi connectivity index (χ0) is 13.7. The molecular weight excluding hydrogens is 256 g/mol. The molecule has 0 aliphatic heterocycles. The van der Waals surface area contributed by atoms with Gasteiger partial charge in [-0.2, -0.15) is 0 Å². The fraction of sp³-hybridized carbons (Fsp3) is 0.0769. The van der Waals surface area contributed by atoms with Crippen molar-refractivity contribution in [1.82, 2.24) is 0 Å². The minimum absolute atomic E-state index is 0.148. The van der Waals surface area contributed by atoms with Crippen LogP contribution in [0.5, 0.6) is 0 Å². The number of carbonyl (C=O) groups is 2. The monoisotopic (exact) mass is 266 g/mol. The first kappa shape index (κ1) is 14.0. The van der Waals surface area contributed by atoms with Gasteiger partial charge in [-0.25, -0.2) is 9.59 Å². The number of allylic oxidation sites excluding steroid dienone is 2. The predicted octanol–water partition coefficient (Wildman–Crippen LogP) is 2.84. The van der Waals surface area contributed by atoms with Crippen molar-refractivity contribution >= 4 is 29.6 Å². The molecule has 5 heteroatoms. The normalized spacial score (nSPS) is 10.3. The lowest BCUT2D eigenvalue weighted by atomic mass is 10.1. The highest BCUT2D eigenvalue weighted by molar-refractivity contribution is 6.32. The van der Waals surface area contributed by atoms with Crippen LogP contribution in [0.25, 0.3) is 6.08 Å². The molecule has 4 nitrogen and oxygen atoms in total. The van der Waals surface area contributed by atoms with Gasteiger partial charge in [0.15, 0.2) is 0 Å². The Bertz CT molecular complexity index is 528. The summed E-state index contributed by atoms with van der Waals surface area (Å²) in [5.74, 6) is -2.94. The molecule has 1 aromatic rings. The molecule has 0 heterocycles. The van der Waals surface area contributed by atoms with E-state index in [2.05, 4.69) is 0 Å². The van der Waals surface area contributed by atoms with E-state index in [1.54, 1.807) is 30.3 Å². The highest BCUT2D eigenvalue weighted by Gasteiger charge is 2.18. The maximum atomic E-state index is 10.8. The SMILES string of the molecule is CC(/C=C/c1ccccc1Cl)=C(C(=O)O)C(=O)O. The maximum absolute atomic E-state index is 10.8. The largest absolute Gasteiger partial charge is 0.477 e. The summed E-state index contributed by atoms with van der Waals surface area (Å²) in [6, 6.07) is 6.98. The van der Waals surface area contributed by atoms with E-state index in [0.29, 0.717) is 10.6 Å². The van der Waals surface area contributed by atoms with Crippen LogP contribution in [-0.4, -0.2) is 22.2 Å². The first-order valence-corrected chi connectivity index (χ1v) is 5.41. The van der Waals surface area contributed by atoms with E-state index >= 15 is 0 Å². The molecule has 0 unspecified atom stereocenters. The molecule has 2 N–H and O–H groups in total. The number of halogens is 1. The van der Waals surface area contributed by atoms with Crippen molar-refractivity contribution in [3.05, 3.63) is 52.1 Å². The van der Waals surface area contributed by atoms with Gasteiger partial charge in [-0.1, -0.05) is 42.0 Å². The Hall–Kier alpha value is -2.07. The Morgan fingerprint density at radius 3 is 2.22 bits per heavy atom. The molecule has 0 spiro atoms. The second-order valence-electron chi connectivity index (χ2n) is 3.52. The minimum Gasteiger partial charge on any atom is -0.477 e. The van der Waals surface area contributed by atoms with Crippen molar-refractivity contribution in [2.24, 2.45) is 0 Å².